The van der Waals surface area contributed by atoms with Crippen molar-refractivity contribution in [3.8, 4) is 11.5 Å². The van der Waals surface area contributed by atoms with Gasteiger partial charge in [-0.05, 0) is 42.0 Å². The van der Waals surface area contributed by atoms with E-state index >= 15 is 0 Å². The fourth-order valence-corrected chi connectivity index (χ4v) is 4.00. The quantitative estimate of drug-likeness (QED) is 0.337. The third-order valence-electron chi connectivity index (χ3n) is 5.31. The van der Waals surface area contributed by atoms with Gasteiger partial charge in [-0.25, -0.2) is 0 Å². The number of ketones is 1. The summed E-state index contributed by atoms with van der Waals surface area (Å²) in [4.78, 5) is 27.7. The molecule has 3 aromatic carbocycles. The van der Waals surface area contributed by atoms with Gasteiger partial charge in [0.25, 0.3) is 11.7 Å². The van der Waals surface area contributed by atoms with E-state index in [1.54, 1.807) is 66.7 Å². The number of amides is 1. The summed E-state index contributed by atoms with van der Waals surface area (Å²) in [5.74, 6) is -1.11. The molecule has 1 fully saturated rings. The molecule has 1 unspecified atom stereocenters. The Bertz CT molecular complexity index is 1220. The predicted octanol–water partition coefficient (Wildman–Crippen LogP) is 4.98. The monoisotopic (exact) mass is 449 g/mol. The summed E-state index contributed by atoms with van der Waals surface area (Å²) in [5.41, 5.74) is 1.31. The Morgan fingerprint density at radius 2 is 1.69 bits per heavy atom. The summed E-state index contributed by atoms with van der Waals surface area (Å²) in [6.07, 6.45) is 0. The van der Waals surface area contributed by atoms with Crippen LogP contribution >= 0.6 is 11.6 Å². The van der Waals surface area contributed by atoms with Gasteiger partial charge in [0, 0.05) is 10.7 Å². The Morgan fingerprint density at radius 3 is 2.34 bits per heavy atom. The summed E-state index contributed by atoms with van der Waals surface area (Å²) < 4.78 is 10.6. The molecule has 0 radical (unpaired) electrons. The van der Waals surface area contributed by atoms with Gasteiger partial charge in [-0.1, -0.05) is 48.0 Å². The molecule has 1 N–H and O–H groups in total. The molecule has 4 rings (SSSR count). The molecule has 1 aliphatic heterocycles. The lowest BCUT2D eigenvalue weighted by molar-refractivity contribution is -0.132. The molecule has 7 heteroatoms. The number of ether oxygens (including phenoxy) is 2. The molecular formula is C25H20ClNO5. The molecule has 0 bridgehead atoms. The number of nitrogens with zero attached hydrogens (tertiary/aromatic N) is 1. The fourth-order valence-electron chi connectivity index (χ4n) is 3.82. The van der Waals surface area contributed by atoms with Crippen LogP contribution in [0.4, 0.5) is 5.69 Å². The minimum Gasteiger partial charge on any atom is -0.507 e. The number of carbonyl (C=O) groups is 2. The fraction of sp³-hybridized carbons (Fsp3) is 0.120. The zero-order valence-electron chi connectivity index (χ0n) is 17.4. The maximum atomic E-state index is 13.2. The lowest BCUT2D eigenvalue weighted by Crippen LogP contribution is -2.29. The van der Waals surface area contributed by atoms with Gasteiger partial charge in [-0.15, -0.1) is 0 Å². The Labute approximate surface area is 190 Å². The smallest absolute Gasteiger partial charge is 0.300 e. The van der Waals surface area contributed by atoms with Crippen LogP contribution in [0.25, 0.3) is 5.76 Å². The Morgan fingerprint density at radius 1 is 0.938 bits per heavy atom. The lowest BCUT2D eigenvalue weighted by Gasteiger charge is -2.25. The first-order valence-electron chi connectivity index (χ1n) is 9.80. The minimum atomic E-state index is -0.856. The van der Waals surface area contributed by atoms with Crippen LogP contribution in [-0.4, -0.2) is 31.0 Å². The largest absolute Gasteiger partial charge is 0.507 e. The van der Waals surface area contributed by atoms with Crippen LogP contribution in [0, 0.1) is 0 Å². The second-order valence-electron chi connectivity index (χ2n) is 7.13. The number of hydrogen-bond acceptors (Lipinski definition) is 5. The van der Waals surface area contributed by atoms with E-state index in [-0.39, 0.29) is 16.9 Å². The van der Waals surface area contributed by atoms with Gasteiger partial charge in [-0.3, -0.25) is 14.5 Å². The molecule has 1 saturated heterocycles. The third-order valence-corrected chi connectivity index (χ3v) is 5.54. The number of carbonyl (C=O) groups excluding carboxylic acids is 2. The van der Waals surface area contributed by atoms with Gasteiger partial charge in [0.05, 0.1) is 31.4 Å². The summed E-state index contributed by atoms with van der Waals surface area (Å²) >= 11 is 6.15. The Balaban J connectivity index is 1.98. The highest BCUT2D eigenvalue weighted by Crippen LogP contribution is 2.44. The maximum Gasteiger partial charge on any atom is 0.300 e. The van der Waals surface area contributed by atoms with Crippen molar-refractivity contribution >= 4 is 34.7 Å². The number of hydrogen-bond donors (Lipinski definition) is 1. The van der Waals surface area contributed by atoms with Crippen LogP contribution in [-0.2, 0) is 9.59 Å². The first-order chi connectivity index (χ1) is 15.5. The number of benzene rings is 3. The minimum absolute atomic E-state index is 0.0484. The van der Waals surface area contributed by atoms with E-state index in [1.807, 2.05) is 6.07 Å². The van der Waals surface area contributed by atoms with E-state index in [4.69, 9.17) is 21.1 Å². The zero-order chi connectivity index (χ0) is 22.8. The normalized spacial score (nSPS) is 17.5. The molecule has 162 valence electrons. The topological polar surface area (TPSA) is 76.1 Å². The van der Waals surface area contributed by atoms with Crippen molar-refractivity contribution in [2.45, 2.75) is 6.04 Å². The molecule has 0 aliphatic carbocycles. The second kappa shape index (κ2) is 8.77. The molecule has 0 saturated carbocycles. The molecule has 0 aromatic heterocycles. The van der Waals surface area contributed by atoms with E-state index in [9.17, 15) is 14.7 Å². The number of aliphatic hydroxyl groups is 1. The number of rotatable bonds is 5. The molecule has 3 aromatic rings. The van der Waals surface area contributed by atoms with Crippen LogP contribution in [0.15, 0.2) is 78.4 Å². The highest BCUT2D eigenvalue weighted by molar-refractivity contribution is 6.51. The average Bonchev–Trinajstić information content (AvgIpc) is 3.09. The molecule has 1 atom stereocenters. The van der Waals surface area contributed by atoms with Crippen molar-refractivity contribution in [3.05, 3.63) is 94.5 Å². The maximum absolute atomic E-state index is 13.2. The van der Waals surface area contributed by atoms with E-state index in [0.29, 0.717) is 27.8 Å². The second-order valence-corrected chi connectivity index (χ2v) is 7.56. The Kier molecular flexibility index (Phi) is 5.88. The van der Waals surface area contributed by atoms with E-state index in [2.05, 4.69) is 0 Å². The zero-order valence-corrected chi connectivity index (χ0v) is 18.2. The van der Waals surface area contributed by atoms with E-state index in [0.717, 1.165) is 0 Å². The van der Waals surface area contributed by atoms with Crippen molar-refractivity contribution < 1.29 is 24.2 Å². The molecule has 1 heterocycles. The van der Waals surface area contributed by atoms with Crippen molar-refractivity contribution in [1.82, 2.24) is 0 Å². The third kappa shape index (κ3) is 3.69. The standard InChI is InChI=1S/C25H20ClNO5/c1-31-18-11-12-20(32-2)19(14-18)23(28)21-22(15-7-4-3-5-8-15)27(25(30)24(21)29)17-10-6-9-16(26)13-17/h3-14,22,28H,1-2H3/b23-21+. The predicted molar refractivity (Wildman–Crippen MR) is 122 cm³/mol. The summed E-state index contributed by atoms with van der Waals surface area (Å²) in [5, 5.41) is 11.7. The van der Waals surface area contributed by atoms with Gasteiger partial charge in [0.2, 0.25) is 0 Å². The van der Waals surface area contributed by atoms with Crippen molar-refractivity contribution in [2.24, 2.45) is 0 Å². The lowest BCUT2D eigenvalue weighted by atomic mass is 9.94. The highest BCUT2D eigenvalue weighted by atomic mass is 35.5. The molecule has 32 heavy (non-hydrogen) atoms. The van der Waals surface area contributed by atoms with Crippen LogP contribution < -0.4 is 14.4 Å². The number of methoxy groups -OCH3 is 2. The molecular weight excluding hydrogens is 430 g/mol. The molecule has 1 amide bonds. The molecule has 1 aliphatic rings. The van der Waals surface area contributed by atoms with Crippen molar-refractivity contribution in [1.29, 1.82) is 0 Å². The highest BCUT2D eigenvalue weighted by Gasteiger charge is 2.47. The van der Waals surface area contributed by atoms with Crippen LogP contribution in [0.3, 0.4) is 0 Å². The number of Topliss-reactive ketones (excluding diaryl/α,β-unsaturated/α-hetero) is 1. The summed E-state index contributed by atoms with van der Waals surface area (Å²) in [6, 6.07) is 19.7. The van der Waals surface area contributed by atoms with Crippen molar-refractivity contribution in [3.63, 3.8) is 0 Å². The number of halogens is 1. The van der Waals surface area contributed by atoms with Gasteiger partial charge in [0.1, 0.15) is 17.3 Å². The van der Waals surface area contributed by atoms with E-state index < -0.39 is 17.7 Å². The average molecular weight is 450 g/mol. The first-order valence-corrected chi connectivity index (χ1v) is 10.2. The molecule has 6 nitrogen and oxygen atoms in total. The Hall–Kier alpha value is -3.77. The van der Waals surface area contributed by atoms with Gasteiger partial charge < -0.3 is 14.6 Å². The first kappa shape index (κ1) is 21.5. The SMILES string of the molecule is COc1ccc(OC)c(/C(O)=C2\C(=O)C(=O)N(c3cccc(Cl)c3)C2c2ccccc2)c1. The van der Waals surface area contributed by atoms with Crippen LogP contribution in [0.2, 0.25) is 5.02 Å². The number of aliphatic hydroxyl groups excluding tert-OH is 1. The van der Waals surface area contributed by atoms with Crippen LogP contribution in [0.1, 0.15) is 17.2 Å². The van der Waals surface area contributed by atoms with Gasteiger partial charge >= 0.3 is 0 Å². The van der Waals surface area contributed by atoms with Gasteiger partial charge in [-0.2, -0.15) is 0 Å². The number of anilines is 1. The van der Waals surface area contributed by atoms with Crippen LogP contribution in [0.5, 0.6) is 11.5 Å². The van der Waals surface area contributed by atoms with E-state index in [1.165, 1.54) is 19.1 Å². The summed E-state index contributed by atoms with van der Waals surface area (Å²) in [7, 11) is 2.95. The van der Waals surface area contributed by atoms with Gasteiger partial charge in [0.15, 0.2) is 0 Å². The molecule has 0 spiro atoms. The van der Waals surface area contributed by atoms with Crippen molar-refractivity contribution in [2.75, 3.05) is 19.1 Å². The summed E-state index contributed by atoms with van der Waals surface area (Å²) in [6.45, 7) is 0.